The quantitative estimate of drug-likeness (QED) is 0.519. The SMILES string of the molecule is Cc1cc(C)c(NC(=O)COC(=O)CCCN2C(=O)c3ccc(C)cc3C2=O)c(Cl)c1. The largest absolute Gasteiger partial charge is 0.456 e. The summed E-state index contributed by atoms with van der Waals surface area (Å²) in [5, 5.41) is 3.05. The topological polar surface area (TPSA) is 92.8 Å². The number of benzene rings is 2. The summed E-state index contributed by atoms with van der Waals surface area (Å²) in [6.45, 7) is 5.22. The Morgan fingerprint density at radius 3 is 2.42 bits per heavy atom. The van der Waals surface area contributed by atoms with Gasteiger partial charge in [-0.1, -0.05) is 29.3 Å². The summed E-state index contributed by atoms with van der Waals surface area (Å²) in [7, 11) is 0. The van der Waals surface area contributed by atoms with Gasteiger partial charge in [0.1, 0.15) is 0 Å². The minimum Gasteiger partial charge on any atom is -0.456 e. The predicted molar refractivity (Wildman–Crippen MR) is 116 cm³/mol. The molecule has 3 rings (SSSR count). The van der Waals surface area contributed by atoms with E-state index >= 15 is 0 Å². The highest BCUT2D eigenvalue weighted by molar-refractivity contribution is 6.34. The van der Waals surface area contributed by atoms with E-state index in [-0.39, 0.29) is 31.2 Å². The maximum Gasteiger partial charge on any atom is 0.306 e. The van der Waals surface area contributed by atoms with Crippen molar-refractivity contribution in [3.63, 3.8) is 0 Å². The fourth-order valence-corrected chi connectivity index (χ4v) is 3.83. The maximum atomic E-state index is 12.4. The lowest BCUT2D eigenvalue weighted by molar-refractivity contribution is -0.147. The highest BCUT2D eigenvalue weighted by atomic mass is 35.5. The second-order valence-corrected chi connectivity index (χ2v) is 7.97. The fourth-order valence-electron chi connectivity index (χ4n) is 3.46. The summed E-state index contributed by atoms with van der Waals surface area (Å²) < 4.78 is 4.99. The molecule has 0 saturated heterocycles. The first kappa shape index (κ1) is 22.5. The monoisotopic (exact) mass is 442 g/mol. The summed E-state index contributed by atoms with van der Waals surface area (Å²) in [6, 6.07) is 8.72. The normalized spacial score (nSPS) is 12.7. The van der Waals surface area contributed by atoms with E-state index in [1.54, 1.807) is 24.3 Å². The number of esters is 1. The molecule has 8 heteroatoms. The van der Waals surface area contributed by atoms with Crippen molar-refractivity contribution in [1.82, 2.24) is 4.90 Å². The molecule has 0 fully saturated rings. The molecule has 0 aromatic heterocycles. The number of nitrogens with zero attached hydrogens (tertiary/aromatic N) is 1. The molecule has 1 heterocycles. The Morgan fingerprint density at radius 2 is 1.71 bits per heavy atom. The van der Waals surface area contributed by atoms with Crippen molar-refractivity contribution in [1.29, 1.82) is 0 Å². The van der Waals surface area contributed by atoms with Gasteiger partial charge in [-0.2, -0.15) is 0 Å². The number of carbonyl (C=O) groups excluding carboxylic acids is 4. The van der Waals surface area contributed by atoms with Crippen LogP contribution in [0.1, 0.15) is 50.2 Å². The molecule has 0 atom stereocenters. The lowest BCUT2D eigenvalue weighted by Gasteiger charge is -2.13. The zero-order valence-corrected chi connectivity index (χ0v) is 18.3. The molecule has 1 aliphatic rings. The average molecular weight is 443 g/mol. The van der Waals surface area contributed by atoms with Gasteiger partial charge in [0.05, 0.1) is 21.8 Å². The third-order valence-corrected chi connectivity index (χ3v) is 5.25. The third kappa shape index (κ3) is 5.11. The molecular formula is C23H23ClN2O5. The molecule has 162 valence electrons. The van der Waals surface area contributed by atoms with Crippen molar-refractivity contribution in [2.75, 3.05) is 18.5 Å². The first-order valence-corrected chi connectivity index (χ1v) is 10.2. The van der Waals surface area contributed by atoms with Gasteiger partial charge in [-0.05, 0) is 56.5 Å². The second kappa shape index (κ2) is 9.31. The minimum atomic E-state index is -0.589. The van der Waals surface area contributed by atoms with E-state index in [0.29, 0.717) is 21.8 Å². The molecule has 1 aliphatic heterocycles. The number of amides is 3. The molecule has 0 aliphatic carbocycles. The Morgan fingerprint density at radius 1 is 1.00 bits per heavy atom. The Labute approximate surface area is 185 Å². The van der Waals surface area contributed by atoms with Gasteiger partial charge in [0, 0.05) is 13.0 Å². The standard InChI is InChI=1S/C23H23ClN2O5/c1-13-6-7-16-17(10-13)23(30)26(22(16)29)8-4-5-20(28)31-12-19(27)25-21-15(3)9-14(2)11-18(21)24/h6-7,9-11H,4-5,8,12H2,1-3H3,(H,25,27). The van der Waals surface area contributed by atoms with Crippen LogP contribution in [0, 0.1) is 20.8 Å². The Kier molecular flexibility index (Phi) is 6.75. The van der Waals surface area contributed by atoms with E-state index in [1.807, 2.05) is 26.8 Å². The molecule has 0 unspecified atom stereocenters. The van der Waals surface area contributed by atoms with Gasteiger partial charge in [0.15, 0.2) is 6.61 Å². The molecule has 2 aromatic rings. The molecule has 0 spiro atoms. The lowest BCUT2D eigenvalue weighted by Crippen LogP contribution is -2.31. The molecular weight excluding hydrogens is 420 g/mol. The Bertz CT molecular complexity index is 1060. The van der Waals surface area contributed by atoms with E-state index < -0.39 is 18.5 Å². The van der Waals surface area contributed by atoms with Crippen LogP contribution in [0.3, 0.4) is 0 Å². The van der Waals surface area contributed by atoms with Crippen molar-refractivity contribution < 1.29 is 23.9 Å². The van der Waals surface area contributed by atoms with Crippen LogP contribution in [-0.2, 0) is 14.3 Å². The summed E-state index contributed by atoms with van der Waals surface area (Å²) in [4.78, 5) is 50.0. The molecule has 0 saturated carbocycles. The zero-order chi connectivity index (χ0) is 22.7. The summed E-state index contributed by atoms with van der Waals surface area (Å²) in [6.07, 6.45) is 0.220. The Hall–Kier alpha value is -3.19. The van der Waals surface area contributed by atoms with Crippen LogP contribution in [0.25, 0.3) is 0 Å². The van der Waals surface area contributed by atoms with Gasteiger partial charge in [-0.3, -0.25) is 24.1 Å². The predicted octanol–water partition coefficient (Wildman–Crippen LogP) is 3.82. The van der Waals surface area contributed by atoms with E-state index in [9.17, 15) is 19.2 Å². The molecule has 7 nitrogen and oxygen atoms in total. The lowest BCUT2D eigenvalue weighted by atomic mass is 10.1. The van der Waals surface area contributed by atoms with Gasteiger partial charge in [-0.25, -0.2) is 0 Å². The van der Waals surface area contributed by atoms with Gasteiger partial charge in [0.2, 0.25) is 0 Å². The van der Waals surface area contributed by atoms with Crippen LogP contribution < -0.4 is 5.32 Å². The zero-order valence-electron chi connectivity index (χ0n) is 17.6. The average Bonchev–Trinajstić information content (AvgIpc) is 2.93. The van der Waals surface area contributed by atoms with E-state index in [2.05, 4.69) is 5.32 Å². The Balaban J connectivity index is 1.45. The van der Waals surface area contributed by atoms with Gasteiger partial charge < -0.3 is 10.1 Å². The van der Waals surface area contributed by atoms with Crippen molar-refractivity contribution in [3.05, 3.63) is 63.2 Å². The van der Waals surface area contributed by atoms with Crippen molar-refractivity contribution in [3.8, 4) is 0 Å². The third-order valence-electron chi connectivity index (χ3n) is 4.95. The number of halogens is 1. The molecule has 31 heavy (non-hydrogen) atoms. The highest BCUT2D eigenvalue weighted by Gasteiger charge is 2.35. The number of hydrogen-bond acceptors (Lipinski definition) is 5. The van der Waals surface area contributed by atoms with E-state index in [1.165, 1.54) is 0 Å². The first-order valence-electron chi connectivity index (χ1n) is 9.86. The van der Waals surface area contributed by atoms with Crippen LogP contribution in [0.15, 0.2) is 30.3 Å². The number of hydrogen-bond donors (Lipinski definition) is 1. The number of aryl methyl sites for hydroxylation is 3. The number of ether oxygens (including phenoxy) is 1. The summed E-state index contributed by atoms with van der Waals surface area (Å²) in [5.41, 5.74) is 3.91. The van der Waals surface area contributed by atoms with E-state index in [0.717, 1.165) is 21.6 Å². The minimum absolute atomic E-state index is 0.0238. The number of fused-ring (bicyclic) bond motifs is 1. The first-order chi connectivity index (χ1) is 14.7. The summed E-state index contributed by atoms with van der Waals surface area (Å²) in [5.74, 6) is -1.81. The smallest absolute Gasteiger partial charge is 0.306 e. The molecule has 0 radical (unpaired) electrons. The van der Waals surface area contributed by atoms with Gasteiger partial charge >= 0.3 is 5.97 Å². The fraction of sp³-hybridized carbons (Fsp3) is 0.304. The van der Waals surface area contributed by atoms with E-state index in [4.69, 9.17) is 16.3 Å². The number of anilines is 1. The number of nitrogens with one attached hydrogen (secondary N) is 1. The molecule has 3 amide bonds. The van der Waals surface area contributed by atoms with Crippen LogP contribution in [0.5, 0.6) is 0 Å². The van der Waals surface area contributed by atoms with Crippen molar-refractivity contribution in [2.45, 2.75) is 33.6 Å². The highest BCUT2D eigenvalue weighted by Crippen LogP contribution is 2.27. The van der Waals surface area contributed by atoms with Crippen LogP contribution in [0.4, 0.5) is 5.69 Å². The molecule has 0 bridgehead atoms. The van der Waals surface area contributed by atoms with Crippen LogP contribution in [-0.4, -0.2) is 41.7 Å². The van der Waals surface area contributed by atoms with Crippen molar-refractivity contribution in [2.24, 2.45) is 0 Å². The second-order valence-electron chi connectivity index (χ2n) is 7.56. The van der Waals surface area contributed by atoms with Gasteiger partial charge in [-0.15, -0.1) is 0 Å². The van der Waals surface area contributed by atoms with Crippen LogP contribution >= 0.6 is 11.6 Å². The molecule has 1 N–H and O–H groups in total. The maximum absolute atomic E-state index is 12.4. The number of imide groups is 1. The van der Waals surface area contributed by atoms with Gasteiger partial charge in [0.25, 0.3) is 17.7 Å². The van der Waals surface area contributed by atoms with Crippen molar-refractivity contribution >= 4 is 41.0 Å². The van der Waals surface area contributed by atoms with Crippen LogP contribution in [0.2, 0.25) is 5.02 Å². The number of rotatable bonds is 7. The number of carbonyl (C=O) groups is 4. The molecule has 2 aromatic carbocycles. The summed E-state index contributed by atoms with van der Waals surface area (Å²) >= 11 is 6.16.